The van der Waals surface area contributed by atoms with Gasteiger partial charge in [0.1, 0.15) is 6.10 Å². The van der Waals surface area contributed by atoms with E-state index in [2.05, 4.69) is 6.07 Å². The molecule has 0 aliphatic carbocycles. The lowest BCUT2D eigenvalue weighted by Gasteiger charge is -2.27. The van der Waals surface area contributed by atoms with E-state index in [0.29, 0.717) is 17.9 Å². The van der Waals surface area contributed by atoms with Crippen LogP contribution in [0.25, 0.3) is 0 Å². The van der Waals surface area contributed by atoms with Crippen molar-refractivity contribution in [3.63, 3.8) is 0 Å². The van der Waals surface area contributed by atoms with Crippen LogP contribution < -0.4 is 9.47 Å². The summed E-state index contributed by atoms with van der Waals surface area (Å²) in [5, 5.41) is 8.91. The summed E-state index contributed by atoms with van der Waals surface area (Å²) < 4.78 is 16.7. The van der Waals surface area contributed by atoms with Gasteiger partial charge in [0.15, 0.2) is 11.5 Å². The summed E-state index contributed by atoms with van der Waals surface area (Å²) in [5.74, 6) is 1.44. The lowest BCUT2D eigenvalue weighted by atomic mass is 9.92. The molecule has 22 heavy (non-hydrogen) atoms. The smallest absolute Gasteiger partial charge is 0.161 e. The van der Waals surface area contributed by atoms with Gasteiger partial charge in [-0.15, -0.1) is 0 Å². The predicted octanol–water partition coefficient (Wildman–Crippen LogP) is 3.24. The molecule has 2 aromatic carbocycles. The molecule has 0 unspecified atom stereocenters. The van der Waals surface area contributed by atoms with Gasteiger partial charge in [0.05, 0.1) is 32.5 Å². The Morgan fingerprint density at radius 2 is 1.77 bits per heavy atom. The van der Waals surface area contributed by atoms with E-state index in [1.807, 2.05) is 36.4 Å². The first kappa shape index (κ1) is 14.4. The Morgan fingerprint density at radius 3 is 2.41 bits per heavy atom. The standard InChI is InChI=1S/C18H17NO3/c1-20-16-9-14-7-8-22-18(15(14)10-17(16)21-2)13-5-3-12(11-19)4-6-13/h3-6,9-10,18H,7-8H2,1-2H3/t18-/m1/s1. The van der Waals surface area contributed by atoms with Crippen LogP contribution in [0.4, 0.5) is 0 Å². The largest absolute Gasteiger partial charge is 0.493 e. The fraction of sp³-hybridized carbons (Fsp3) is 0.278. The van der Waals surface area contributed by atoms with Crippen LogP contribution in [0.15, 0.2) is 36.4 Å². The van der Waals surface area contributed by atoms with Crippen molar-refractivity contribution in [3.05, 3.63) is 58.7 Å². The third-order valence-electron chi connectivity index (χ3n) is 3.93. The zero-order valence-corrected chi connectivity index (χ0v) is 12.6. The molecular formula is C18H17NO3. The van der Waals surface area contributed by atoms with Gasteiger partial charge in [-0.25, -0.2) is 0 Å². The van der Waals surface area contributed by atoms with Crippen LogP contribution in [-0.2, 0) is 11.2 Å². The molecule has 2 aromatic rings. The van der Waals surface area contributed by atoms with Crippen LogP contribution in [0.2, 0.25) is 0 Å². The van der Waals surface area contributed by atoms with Crippen LogP contribution in [-0.4, -0.2) is 20.8 Å². The third kappa shape index (κ3) is 2.51. The van der Waals surface area contributed by atoms with Gasteiger partial charge in [0, 0.05) is 0 Å². The number of ether oxygens (including phenoxy) is 3. The average molecular weight is 295 g/mol. The molecule has 112 valence electrons. The summed E-state index contributed by atoms with van der Waals surface area (Å²) >= 11 is 0. The first-order valence-electron chi connectivity index (χ1n) is 7.13. The highest BCUT2D eigenvalue weighted by Crippen LogP contribution is 2.39. The molecule has 0 saturated heterocycles. The fourth-order valence-electron chi connectivity index (χ4n) is 2.78. The van der Waals surface area contributed by atoms with Crippen LogP contribution in [0, 0.1) is 11.3 Å². The van der Waals surface area contributed by atoms with Crippen molar-refractivity contribution in [2.75, 3.05) is 20.8 Å². The van der Waals surface area contributed by atoms with E-state index in [1.54, 1.807) is 14.2 Å². The predicted molar refractivity (Wildman–Crippen MR) is 82.2 cm³/mol. The summed E-state index contributed by atoms with van der Waals surface area (Å²) in [6, 6.07) is 13.6. The summed E-state index contributed by atoms with van der Waals surface area (Å²) in [7, 11) is 3.27. The van der Waals surface area contributed by atoms with Crippen LogP contribution in [0.3, 0.4) is 0 Å². The number of nitriles is 1. The summed E-state index contributed by atoms with van der Waals surface area (Å²) in [4.78, 5) is 0. The van der Waals surface area contributed by atoms with E-state index in [9.17, 15) is 0 Å². The van der Waals surface area contributed by atoms with Crippen molar-refractivity contribution in [1.82, 2.24) is 0 Å². The van der Waals surface area contributed by atoms with Gasteiger partial charge in [0.25, 0.3) is 0 Å². The minimum absolute atomic E-state index is 0.142. The van der Waals surface area contributed by atoms with Crippen molar-refractivity contribution in [3.8, 4) is 17.6 Å². The highest BCUT2D eigenvalue weighted by molar-refractivity contribution is 5.51. The zero-order chi connectivity index (χ0) is 15.5. The summed E-state index contributed by atoms with van der Waals surface area (Å²) in [5.41, 5.74) is 3.98. The lowest BCUT2D eigenvalue weighted by Crippen LogP contribution is -2.17. The number of nitrogens with zero attached hydrogens (tertiary/aromatic N) is 1. The van der Waals surface area contributed by atoms with Gasteiger partial charge in [-0.05, 0) is 47.4 Å². The first-order chi connectivity index (χ1) is 10.8. The van der Waals surface area contributed by atoms with Crippen molar-refractivity contribution < 1.29 is 14.2 Å². The van der Waals surface area contributed by atoms with E-state index in [4.69, 9.17) is 19.5 Å². The number of methoxy groups -OCH3 is 2. The Labute approximate surface area is 129 Å². The van der Waals surface area contributed by atoms with Gasteiger partial charge in [-0.2, -0.15) is 5.26 Å². The second-order valence-corrected chi connectivity index (χ2v) is 5.14. The Kier molecular flexibility index (Phi) is 3.99. The maximum Gasteiger partial charge on any atom is 0.161 e. The maximum absolute atomic E-state index is 8.91. The van der Waals surface area contributed by atoms with E-state index in [1.165, 1.54) is 5.56 Å². The highest BCUT2D eigenvalue weighted by atomic mass is 16.5. The van der Waals surface area contributed by atoms with Crippen molar-refractivity contribution in [1.29, 1.82) is 5.26 Å². The normalized spacial score (nSPS) is 16.5. The molecule has 4 nitrogen and oxygen atoms in total. The Morgan fingerprint density at radius 1 is 1.09 bits per heavy atom. The van der Waals surface area contributed by atoms with E-state index < -0.39 is 0 Å². The SMILES string of the molecule is COc1cc2c(cc1OC)[C@@H](c1ccc(C#N)cc1)OCC2. The average Bonchev–Trinajstić information content (AvgIpc) is 2.60. The van der Waals surface area contributed by atoms with Crippen molar-refractivity contribution in [2.45, 2.75) is 12.5 Å². The molecule has 0 bridgehead atoms. The van der Waals surface area contributed by atoms with E-state index in [0.717, 1.165) is 23.3 Å². The minimum atomic E-state index is -0.142. The zero-order valence-electron chi connectivity index (χ0n) is 12.6. The van der Waals surface area contributed by atoms with Gasteiger partial charge < -0.3 is 14.2 Å². The topological polar surface area (TPSA) is 51.5 Å². The molecule has 0 fully saturated rings. The first-order valence-corrected chi connectivity index (χ1v) is 7.13. The molecule has 0 spiro atoms. The number of hydrogen-bond donors (Lipinski definition) is 0. The van der Waals surface area contributed by atoms with Crippen molar-refractivity contribution >= 4 is 0 Å². The Balaban J connectivity index is 2.04. The molecule has 1 atom stereocenters. The second kappa shape index (κ2) is 6.08. The van der Waals surface area contributed by atoms with Crippen LogP contribution >= 0.6 is 0 Å². The van der Waals surface area contributed by atoms with Crippen molar-refractivity contribution in [2.24, 2.45) is 0 Å². The molecule has 4 heteroatoms. The van der Waals surface area contributed by atoms with Gasteiger partial charge >= 0.3 is 0 Å². The second-order valence-electron chi connectivity index (χ2n) is 5.14. The minimum Gasteiger partial charge on any atom is -0.493 e. The highest BCUT2D eigenvalue weighted by Gasteiger charge is 2.25. The molecule has 0 radical (unpaired) electrons. The Hall–Kier alpha value is -2.51. The maximum atomic E-state index is 8.91. The molecule has 0 N–H and O–H groups in total. The lowest BCUT2D eigenvalue weighted by molar-refractivity contribution is 0.0695. The number of fused-ring (bicyclic) bond motifs is 1. The molecule has 1 aliphatic rings. The number of hydrogen-bond acceptors (Lipinski definition) is 4. The summed E-state index contributed by atoms with van der Waals surface area (Å²) in [6.45, 7) is 0.660. The van der Waals surface area contributed by atoms with Crippen LogP contribution in [0.5, 0.6) is 11.5 Å². The molecule has 0 amide bonds. The Bertz CT molecular complexity index is 716. The molecule has 1 aliphatic heterocycles. The van der Waals surface area contributed by atoms with E-state index >= 15 is 0 Å². The van der Waals surface area contributed by atoms with E-state index in [-0.39, 0.29) is 6.10 Å². The quantitative estimate of drug-likeness (QED) is 0.872. The monoisotopic (exact) mass is 295 g/mol. The summed E-state index contributed by atoms with van der Waals surface area (Å²) in [6.07, 6.45) is 0.707. The molecule has 0 aromatic heterocycles. The van der Waals surface area contributed by atoms with Gasteiger partial charge in [-0.3, -0.25) is 0 Å². The molecular weight excluding hydrogens is 278 g/mol. The number of benzene rings is 2. The number of rotatable bonds is 3. The van der Waals surface area contributed by atoms with Gasteiger partial charge in [-0.1, -0.05) is 12.1 Å². The van der Waals surface area contributed by atoms with Gasteiger partial charge in [0.2, 0.25) is 0 Å². The fourth-order valence-corrected chi connectivity index (χ4v) is 2.78. The molecule has 3 rings (SSSR count). The molecule has 0 saturated carbocycles. The van der Waals surface area contributed by atoms with Crippen LogP contribution in [0.1, 0.15) is 28.4 Å². The third-order valence-corrected chi connectivity index (χ3v) is 3.93. The molecule has 1 heterocycles.